The van der Waals surface area contributed by atoms with E-state index in [1.807, 2.05) is 0 Å². The van der Waals surface area contributed by atoms with Gasteiger partial charge < -0.3 is 10.4 Å². The molecule has 8 heteroatoms. The fourth-order valence-corrected chi connectivity index (χ4v) is 3.54. The van der Waals surface area contributed by atoms with Gasteiger partial charge in [-0.05, 0) is 24.6 Å². The summed E-state index contributed by atoms with van der Waals surface area (Å²) in [4.78, 5) is 28.1. The topological polar surface area (TPSA) is 96.4 Å². The zero-order valence-corrected chi connectivity index (χ0v) is 15.0. The SMILES string of the molecule is Cc1nc(CCNC(=O)Cc2ccc(S(C)=O)cc2)sc1C(=O)O. The van der Waals surface area contributed by atoms with Crippen LogP contribution in [0.2, 0.25) is 0 Å². The monoisotopic (exact) mass is 366 g/mol. The maximum Gasteiger partial charge on any atom is 0.347 e. The zero-order valence-electron chi connectivity index (χ0n) is 13.4. The van der Waals surface area contributed by atoms with E-state index in [4.69, 9.17) is 5.11 Å². The summed E-state index contributed by atoms with van der Waals surface area (Å²) in [5.41, 5.74) is 1.35. The number of carbonyl (C=O) groups is 2. The molecule has 24 heavy (non-hydrogen) atoms. The van der Waals surface area contributed by atoms with E-state index in [-0.39, 0.29) is 17.2 Å². The highest BCUT2D eigenvalue weighted by Gasteiger charge is 2.13. The predicted octanol–water partition coefficient (Wildman–Crippen LogP) is 1.79. The van der Waals surface area contributed by atoms with Crippen LogP contribution in [0.15, 0.2) is 29.2 Å². The van der Waals surface area contributed by atoms with E-state index in [2.05, 4.69) is 10.3 Å². The number of hydrogen-bond acceptors (Lipinski definition) is 5. The number of carboxylic acid groups (broad SMARTS) is 1. The molecule has 1 atom stereocenters. The molecule has 0 radical (unpaired) electrons. The highest BCUT2D eigenvalue weighted by molar-refractivity contribution is 7.84. The Hall–Kier alpha value is -2.06. The van der Waals surface area contributed by atoms with E-state index in [9.17, 15) is 13.8 Å². The Labute approximate surface area is 146 Å². The lowest BCUT2D eigenvalue weighted by Gasteiger charge is -2.05. The summed E-state index contributed by atoms with van der Waals surface area (Å²) in [6.07, 6.45) is 2.35. The highest BCUT2D eigenvalue weighted by atomic mass is 32.2. The molecule has 1 heterocycles. The van der Waals surface area contributed by atoms with Crippen molar-refractivity contribution < 1.29 is 18.9 Å². The van der Waals surface area contributed by atoms with Crippen LogP contribution < -0.4 is 5.32 Å². The Kier molecular flexibility index (Phi) is 6.22. The second kappa shape index (κ2) is 8.16. The first-order chi connectivity index (χ1) is 11.4. The van der Waals surface area contributed by atoms with Gasteiger partial charge in [-0.3, -0.25) is 9.00 Å². The maximum absolute atomic E-state index is 11.9. The predicted molar refractivity (Wildman–Crippen MR) is 93.0 cm³/mol. The molecule has 0 aliphatic heterocycles. The Morgan fingerprint density at radius 3 is 2.50 bits per heavy atom. The van der Waals surface area contributed by atoms with Crippen LogP contribution in [0.4, 0.5) is 0 Å². The Morgan fingerprint density at radius 2 is 1.96 bits per heavy atom. The molecule has 2 aromatic rings. The molecule has 1 aromatic carbocycles. The quantitative estimate of drug-likeness (QED) is 0.779. The van der Waals surface area contributed by atoms with Gasteiger partial charge in [0.05, 0.1) is 17.1 Å². The molecular formula is C16H18N2O4S2. The lowest BCUT2D eigenvalue weighted by molar-refractivity contribution is -0.120. The fraction of sp³-hybridized carbons (Fsp3) is 0.312. The molecule has 0 spiro atoms. The summed E-state index contributed by atoms with van der Waals surface area (Å²) in [5, 5.41) is 12.5. The van der Waals surface area contributed by atoms with Crippen molar-refractivity contribution in [3.8, 4) is 0 Å². The van der Waals surface area contributed by atoms with Crippen LogP contribution in [-0.2, 0) is 28.4 Å². The number of aromatic nitrogens is 1. The van der Waals surface area contributed by atoms with Gasteiger partial charge in [-0.25, -0.2) is 9.78 Å². The molecule has 0 saturated heterocycles. The first kappa shape index (κ1) is 18.3. The number of nitrogens with one attached hydrogen (secondary N) is 1. The Morgan fingerprint density at radius 1 is 1.29 bits per heavy atom. The molecule has 1 unspecified atom stereocenters. The third kappa shape index (κ3) is 4.97. The lowest BCUT2D eigenvalue weighted by atomic mass is 10.1. The lowest BCUT2D eigenvalue weighted by Crippen LogP contribution is -2.27. The van der Waals surface area contributed by atoms with Crippen LogP contribution in [0.3, 0.4) is 0 Å². The van der Waals surface area contributed by atoms with E-state index < -0.39 is 16.8 Å². The minimum Gasteiger partial charge on any atom is -0.477 e. The molecule has 2 N–H and O–H groups in total. The van der Waals surface area contributed by atoms with Crippen molar-refractivity contribution in [3.05, 3.63) is 45.4 Å². The molecule has 0 bridgehead atoms. The number of hydrogen-bond donors (Lipinski definition) is 2. The maximum atomic E-state index is 11.9. The van der Waals surface area contributed by atoms with Crippen LogP contribution >= 0.6 is 11.3 Å². The number of nitrogens with zero attached hydrogens (tertiary/aromatic N) is 1. The average Bonchev–Trinajstić information content (AvgIpc) is 2.89. The molecule has 0 saturated carbocycles. The van der Waals surface area contributed by atoms with E-state index in [1.165, 1.54) is 0 Å². The summed E-state index contributed by atoms with van der Waals surface area (Å²) in [6.45, 7) is 2.07. The number of aromatic carboxylic acids is 1. The second-order valence-corrected chi connectivity index (χ2v) is 7.67. The average molecular weight is 366 g/mol. The zero-order chi connectivity index (χ0) is 17.7. The fourth-order valence-electron chi connectivity index (χ4n) is 2.11. The Bertz CT molecular complexity index is 769. The minimum absolute atomic E-state index is 0.118. The van der Waals surface area contributed by atoms with Crippen molar-refractivity contribution in [1.29, 1.82) is 0 Å². The molecule has 1 amide bonds. The number of aryl methyl sites for hydroxylation is 1. The van der Waals surface area contributed by atoms with E-state index in [0.717, 1.165) is 21.8 Å². The minimum atomic E-state index is -1.03. The number of rotatable bonds is 7. The normalized spacial score (nSPS) is 11.9. The van der Waals surface area contributed by atoms with Crippen molar-refractivity contribution in [3.63, 3.8) is 0 Å². The van der Waals surface area contributed by atoms with Gasteiger partial charge in [-0.1, -0.05) is 12.1 Å². The third-order valence-corrected chi connectivity index (χ3v) is 5.46. The molecule has 6 nitrogen and oxygen atoms in total. The van der Waals surface area contributed by atoms with Gasteiger partial charge in [0, 0.05) is 34.9 Å². The van der Waals surface area contributed by atoms with E-state index >= 15 is 0 Å². The molecule has 2 rings (SSSR count). The van der Waals surface area contributed by atoms with Gasteiger partial charge in [0.2, 0.25) is 5.91 Å². The number of benzene rings is 1. The third-order valence-electron chi connectivity index (χ3n) is 3.32. The van der Waals surface area contributed by atoms with Crippen LogP contribution in [0.1, 0.15) is 25.9 Å². The summed E-state index contributed by atoms with van der Waals surface area (Å²) >= 11 is 1.14. The van der Waals surface area contributed by atoms with Crippen molar-refractivity contribution in [2.45, 2.75) is 24.7 Å². The van der Waals surface area contributed by atoms with Gasteiger partial charge in [0.15, 0.2) is 0 Å². The van der Waals surface area contributed by atoms with Gasteiger partial charge in [-0.2, -0.15) is 0 Å². The van der Waals surface area contributed by atoms with Crippen LogP contribution in [0.25, 0.3) is 0 Å². The van der Waals surface area contributed by atoms with Crippen LogP contribution in [-0.4, -0.2) is 39.0 Å². The van der Waals surface area contributed by atoms with E-state index in [1.54, 1.807) is 37.4 Å². The van der Waals surface area contributed by atoms with Crippen molar-refractivity contribution >= 4 is 34.0 Å². The summed E-state index contributed by atoms with van der Waals surface area (Å²) < 4.78 is 11.3. The van der Waals surface area contributed by atoms with Crippen molar-refractivity contribution in [2.75, 3.05) is 12.8 Å². The van der Waals surface area contributed by atoms with Crippen molar-refractivity contribution in [2.24, 2.45) is 0 Å². The number of thiazole rings is 1. The molecule has 0 fully saturated rings. The Balaban J connectivity index is 1.82. The van der Waals surface area contributed by atoms with Gasteiger partial charge in [0.25, 0.3) is 0 Å². The number of carboxylic acids is 1. The summed E-state index contributed by atoms with van der Waals surface area (Å²) in [7, 11) is -1.03. The van der Waals surface area contributed by atoms with Crippen molar-refractivity contribution in [1.82, 2.24) is 10.3 Å². The highest BCUT2D eigenvalue weighted by Crippen LogP contribution is 2.18. The molecule has 128 valence electrons. The van der Waals surface area contributed by atoms with Crippen LogP contribution in [0, 0.1) is 6.92 Å². The molecule has 0 aliphatic rings. The summed E-state index contributed by atoms with van der Waals surface area (Å²) in [5.74, 6) is -1.09. The number of amides is 1. The van der Waals surface area contributed by atoms with Gasteiger partial charge >= 0.3 is 5.97 Å². The first-order valence-electron chi connectivity index (χ1n) is 7.25. The first-order valence-corrected chi connectivity index (χ1v) is 9.63. The number of carbonyl (C=O) groups excluding carboxylic acids is 1. The molecular weight excluding hydrogens is 348 g/mol. The summed E-state index contributed by atoms with van der Waals surface area (Å²) in [6, 6.07) is 7.09. The van der Waals surface area contributed by atoms with Gasteiger partial charge in [-0.15, -0.1) is 11.3 Å². The van der Waals surface area contributed by atoms with Gasteiger partial charge in [0.1, 0.15) is 4.88 Å². The smallest absolute Gasteiger partial charge is 0.347 e. The standard InChI is InChI=1S/C16H18N2O4S2/c1-10-15(16(20)21)23-14(18-10)7-8-17-13(19)9-11-3-5-12(6-4-11)24(2)22/h3-6H,7-9H2,1-2H3,(H,17,19)(H,20,21). The van der Waals surface area contributed by atoms with E-state index in [0.29, 0.717) is 23.7 Å². The van der Waals surface area contributed by atoms with Crippen LogP contribution in [0.5, 0.6) is 0 Å². The molecule has 1 aromatic heterocycles. The molecule has 0 aliphatic carbocycles. The largest absolute Gasteiger partial charge is 0.477 e. The second-order valence-electron chi connectivity index (χ2n) is 5.20.